The second-order valence-corrected chi connectivity index (χ2v) is 5.21. The molecule has 21 heavy (non-hydrogen) atoms. The molecule has 0 heterocycles. The normalized spacial score (nSPS) is 21.6. The Morgan fingerprint density at radius 2 is 2.05 bits per heavy atom. The fourth-order valence-electron chi connectivity index (χ4n) is 2.07. The Morgan fingerprint density at radius 1 is 1.38 bits per heavy atom. The minimum absolute atomic E-state index is 0.0931. The fourth-order valence-corrected chi connectivity index (χ4v) is 2.29. The molecule has 3 nitrogen and oxygen atoms in total. The molecule has 0 aromatic heterocycles. The van der Waals surface area contributed by atoms with Gasteiger partial charge in [0.2, 0.25) is 0 Å². The third kappa shape index (κ3) is 3.81. The lowest BCUT2D eigenvalue weighted by atomic mass is 9.82. The summed E-state index contributed by atoms with van der Waals surface area (Å²) in [6, 6.07) is 2.95. The number of rotatable bonds is 4. The van der Waals surface area contributed by atoms with Crippen molar-refractivity contribution in [2.24, 2.45) is 5.92 Å². The first kappa shape index (κ1) is 15.9. The standard InChI is InChI=1S/C14H14ClF3O3/c1-2-20-13(19)8-5-10(6-8)21-12-4-3-9(7-11(12)15)14(16,17)18/h3-4,7-8,10H,2,5-6H2,1H3/t8-,10-. The van der Waals surface area contributed by atoms with Crippen molar-refractivity contribution in [1.82, 2.24) is 0 Å². The van der Waals surface area contributed by atoms with Gasteiger partial charge in [-0.1, -0.05) is 11.6 Å². The van der Waals surface area contributed by atoms with Gasteiger partial charge in [0.05, 0.1) is 23.1 Å². The van der Waals surface area contributed by atoms with E-state index in [1.807, 2.05) is 0 Å². The van der Waals surface area contributed by atoms with Crippen LogP contribution in [0, 0.1) is 5.92 Å². The SMILES string of the molecule is CCOC(=O)[C@H]1C[C@H](Oc2ccc(C(F)(F)F)cc2Cl)C1. The average molecular weight is 323 g/mol. The molecule has 0 amide bonds. The number of ether oxygens (including phenoxy) is 2. The van der Waals surface area contributed by atoms with E-state index in [1.54, 1.807) is 6.92 Å². The Bertz CT molecular complexity index is 525. The molecular formula is C14H14ClF3O3. The highest BCUT2D eigenvalue weighted by molar-refractivity contribution is 6.32. The molecule has 1 aromatic carbocycles. The molecule has 0 N–H and O–H groups in total. The van der Waals surface area contributed by atoms with Crippen molar-refractivity contribution in [2.75, 3.05) is 6.61 Å². The number of carbonyl (C=O) groups excluding carboxylic acids is 1. The molecule has 1 saturated carbocycles. The van der Waals surface area contributed by atoms with Crippen LogP contribution in [-0.4, -0.2) is 18.7 Å². The highest BCUT2D eigenvalue weighted by atomic mass is 35.5. The summed E-state index contributed by atoms with van der Waals surface area (Å²) in [5, 5.41) is -0.0931. The summed E-state index contributed by atoms with van der Waals surface area (Å²) in [5.41, 5.74) is -0.821. The predicted molar refractivity (Wildman–Crippen MR) is 70.2 cm³/mol. The first-order valence-electron chi connectivity index (χ1n) is 6.51. The van der Waals surface area contributed by atoms with E-state index in [0.717, 1.165) is 12.1 Å². The lowest BCUT2D eigenvalue weighted by Crippen LogP contribution is -2.39. The molecule has 7 heteroatoms. The summed E-state index contributed by atoms with van der Waals surface area (Å²) in [7, 11) is 0. The van der Waals surface area contributed by atoms with Crippen LogP contribution in [0.1, 0.15) is 25.3 Å². The van der Waals surface area contributed by atoms with Crippen LogP contribution in [0.4, 0.5) is 13.2 Å². The van der Waals surface area contributed by atoms with Crippen molar-refractivity contribution in [3.05, 3.63) is 28.8 Å². The molecule has 0 spiro atoms. The molecule has 116 valence electrons. The lowest BCUT2D eigenvalue weighted by molar-refractivity contribution is -0.154. The van der Waals surface area contributed by atoms with Gasteiger partial charge in [-0.25, -0.2) is 0 Å². The van der Waals surface area contributed by atoms with Crippen LogP contribution < -0.4 is 4.74 Å². The zero-order valence-corrected chi connectivity index (χ0v) is 12.0. The average Bonchev–Trinajstić information content (AvgIpc) is 2.33. The van der Waals surface area contributed by atoms with E-state index in [-0.39, 0.29) is 28.8 Å². The first-order valence-corrected chi connectivity index (χ1v) is 6.89. The third-order valence-corrected chi connectivity index (χ3v) is 3.56. The largest absolute Gasteiger partial charge is 0.489 e. The Labute approximate surface area is 125 Å². The predicted octanol–water partition coefficient (Wildman–Crippen LogP) is 4.08. The summed E-state index contributed by atoms with van der Waals surface area (Å²) >= 11 is 5.79. The summed E-state index contributed by atoms with van der Waals surface area (Å²) in [5.74, 6) is -0.281. The van der Waals surface area contributed by atoms with E-state index < -0.39 is 11.7 Å². The fraction of sp³-hybridized carbons (Fsp3) is 0.500. The molecule has 0 atom stereocenters. The zero-order valence-electron chi connectivity index (χ0n) is 11.2. The molecule has 1 aliphatic rings. The highest BCUT2D eigenvalue weighted by Crippen LogP contribution is 2.38. The van der Waals surface area contributed by atoms with E-state index in [4.69, 9.17) is 21.1 Å². The maximum atomic E-state index is 12.5. The van der Waals surface area contributed by atoms with Crippen molar-refractivity contribution < 1.29 is 27.4 Å². The van der Waals surface area contributed by atoms with Crippen LogP contribution in [0.3, 0.4) is 0 Å². The van der Waals surface area contributed by atoms with Gasteiger partial charge >= 0.3 is 12.1 Å². The number of carbonyl (C=O) groups is 1. The monoisotopic (exact) mass is 322 g/mol. The van der Waals surface area contributed by atoms with Crippen LogP contribution in [0.2, 0.25) is 5.02 Å². The van der Waals surface area contributed by atoms with Gasteiger partial charge in [0.1, 0.15) is 11.9 Å². The molecule has 0 bridgehead atoms. The quantitative estimate of drug-likeness (QED) is 0.784. The van der Waals surface area contributed by atoms with Gasteiger partial charge < -0.3 is 9.47 Å². The minimum atomic E-state index is -4.44. The second-order valence-electron chi connectivity index (χ2n) is 4.80. The van der Waals surface area contributed by atoms with E-state index in [1.165, 1.54) is 6.07 Å². The van der Waals surface area contributed by atoms with Crippen molar-refractivity contribution in [2.45, 2.75) is 32.0 Å². The van der Waals surface area contributed by atoms with Crippen LogP contribution in [0.5, 0.6) is 5.75 Å². The second kappa shape index (κ2) is 6.13. The summed E-state index contributed by atoms with van der Waals surface area (Å²) in [6.07, 6.45) is -3.70. The summed E-state index contributed by atoms with van der Waals surface area (Å²) in [6.45, 7) is 2.05. The van der Waals surface area contributed by atoms with Crippen LogP contribution in [-0.2, 0) is 15.7 Å². The number of hydrogen-bond acceptors (Lipinski definition) is 3. The van der Waals surface area contributed by atoms with Gasteiger partial charge in [0, 0.05) is 0 Å². The molecule has 1 aliphatic carbocycles. The molecule has 0 unspecified atom stereocenters. The molecule has 1 fully saturated rings. The lowest BCUT2D eigenvalue weighted by Gasteiger charge is -2.33. The summed E-state index contributed by atoms with van der Waals surface area (Å²) < 4.78 is 47.9. The van der Waals surface area contributed by atoms with Crippen molar-refractivity contribution in [3.63, 3.8) is 0 Å². The highest BCUT2D eigenvalue weighted by Gasteiger charge is 2.37. The van der Waals surface area contributed by atoms with Crippen LogP contribution >= 0.6 is 11.6 Å². The van der Waals surface area contributed by atoms with Crippen molar-refractivity contribution in [1.29, 1.82) is 0 Å². The van der Waals surface area contributed by atoms with Gasteiger partial charge in [0.15, 0.2) is 0 Å². The Morgan fingerprint density at radius 3 is 2.57 bits per heavy atom. The number of esters is 1. The van der Waals surface area contributed by atoms with E-state index in [2.05, 4.69) is 0 Å². The zero-order chi connectivity index (χ0) is 15.6. The number of halogens is 4. The molecule has 2 rings (SSSR count). The topological polar surface area (TPSA) is 35.5 Å². The van der Waals surface area contributed by atoms with Crippen LogP contribution in [0.25, 0.3) is 0 Å². The Kier molecular flexibility index (Phi) is 4.66. The molecule has 0 saturated heterocycles. The number of alkyl halides is 3. The molecular weight excluding hydrogens is 309 g/mol. The van der Waals surface area contributed by atoms with Crippen molar-refractivity contribution in [3.8, 4) is 5.75 Å². The van der Waals surface area contributed by atoms with Crippen LogP contribution in [0.15, 0.2) is 18.2 Å². The maximum Gasteiger partial charge on any atom is 0.416 e. The molecule has 1 aromatic rings. The molecule has 0 aliphatic heterocycles. The van der Waals surface area contributed by atoms with Gasteiger partial charge in [0.25, 0.3) is 0 Å². The Hall–Kier alpha value is -1.43. The molecule has 0 radical (unpaired) electrons. The van der Waals surface area contributed by atoms with E-state index in [0.29, 0.717) is 19.4 Å². The van der Waals surface area contributed by atoms with Gasteiger partial charge in [-0.15, -0.1) is 0 Å². The number of hydrogen-bond donors (Lipinski definition) is 0. The van der Waals surface area contributed by atoms with E-state index >= 15 is 0 Å². The maximum absolute atomic E-state index is 12.5. The Balaban J connectivity index is 1.92. The van der Waals surface area contributed by atoms with Gasteiger partial charge in [-0.3, -0.25) is 4.79 Å². The van der Waals surface area contributed by atoms with Gasteiger partial charge in [-0.2, -0.15) is 13.2 Å². The van der Waals surface area contributed by atoms with E-state index in [9.17, 15) is 18.0 Å². The van der Waals surface area contributed by atoms with Crippen molar-refractivity contribution >= 4 is 17.6 Å². The summed E-state index contributed by atoms with van der Waals surface area (Å²) in [4.78, 5) is 11.4. The minimum Gasteiger partial charge on any atom is -0.489 e. The smallest absolute Gasteiger partial charge is 0.416 e. The number of benzene rings is 1. The third-order valence-electron chi connectivity index (χ3n) is 3.27. The first-order chi connectivity index (χ1) is 9.81. The van der Waals surface area contributed by atoms with Gasteiger partial charge in [-0.05, 0) is 38.0 Å².